The Morgan fingerprint density at radius 1 is 0.850 bits per heavy atom. The molecule has 0 aliphatic carbocycles. The zero-order chi connectivity index (χ0) is 14.0. The zero-order valence-electron chi connectivity index (χ0n) is 10.7. The Balaban J connectivity index is 2.18. The topological polar surface area (TPSA) is 46.2 Å². The Bertz CT molecular complexity index is 601. The smallest absolute Gasteiger partial charge is 0.251 e. The molecule has 1 fully saturated rings. The van der Waals surface area contributed by atoms with Crippen molar-refractivity contribution in [1.29, 1.82) is 0 Å². The van der Waals surface area contributed by atoms with Crippen molar-refractivity contribution in [3.63, 3.8) is 0 Å². The van der Waals surface area contributed by atoms with E-state index in [9.17, 15) is 9.59 Å². The molecule has 0 spiro atoms. The van der Waals surface area contributed by atoms with Gasteiger partial charge in [-0.25, -0.2) is 0 Å². The minimum atomic E-state index is -0.851. The van der Waals surface area contributed by atoms with Crippen LogP contribution in [0.25, 0.3) is 0 Å². The highest BCUT2D eigenvalue weighted by molar-refractivity contribution is 8.02. The molecule has 2 aromatic carbocycles. The van der Waals surface area contributed by atoms with Crippen LogP contribution in [0.3, 0.4) is 0 Å². The molecule has 2 aromatic rings. The molecular weight excluding hydrogens is 270 g/mol. The van der Waals surface area contributed by atoms with E-state index in [1.807, 2.05) is 60.7 Å². The van der Waals surface area contributed by atoms with Gasteiger partial charge in [-0.3, -0.25) is 14.9 Å². The van der Waals surface area contributed by atoms with Crippen LogP contribution in [0.15, 0.2) is 60.7 Å². The second kappa shape index (κ2) is 5.13. The molecule has 2 amide bonds. The molecule has 0 aromatic heterocycles. The van der Waals surface area contributed by atoms with Gasteiger partial charge in [-0.1, -0.05) is 60.7 Å². The van der Waals surface area contributed by atoms with E-state index in [2.05, 4.69) is 5.32 Å². The summed E-state index contributed by atoms with van der Waals surface area (Å²) in [4.78, 5) is 24.0. The van der Waals surface area contributed by atoms with Gasteiger partial charge in [0.1, 0.15) is 4.75 Å². The molecule has 3 nitrogen and oxygen atoms in total. The lowest BCUT2D eigenvalue weighted by atomic mass is 9.89. The van der Waals surface area contributed by atoms with Crippen LogP contribution >= 0.6 is 11.8 Å². The van der Waals surface area contributed by atoms with Gasteiger partial charge in [0.15, 0.2) is 0 Å². The summed E-state index contributed by atoms with van der Waals surface area (Å²) in [6, 6.07) is 19.2. The van der Waals surface area contributed by atoms with Gasteiger partial charge in [0.2, 0.25) is 5.91 Å². The number of carbonyl (C=O) groups excluding carboxylic acids is 2. The van der Waals surface area contributed by atoms with Gasteiger partial charge in [0, 0.05) is 0 Å². The number of imide groups is 1. The van der Waals surface area contributed by atoms with E-state index in [0.29, 0.717) is 0 Å². The summed E-state index contributed by atoms with van der Waals surface area (Å²) in [7, 11) is 0. The van der Waals surface area contributed by atoms with Crippen molar-refractivity contribution in [3.8, 4) is 0 Å². The Kier molecular flexibility index (Phi) is 3.32. The monoisotopic (exact) mass is 283 g/mol. The van der Waals surface area contributed by atoms with E-state index in [1.54, 1.807) is 0 Å². The summed E-state index contributed by atoms with van der Waals surface area (Å²) < 4.78 is -0.851. The molecular formula is C16H13NO2S. The average molecular weight is 283 g/mol. The van der Waals surface area contributed by atoms with Crippen molar-refractivity contribution in [2.45, 2.75) is 4.75 Å². The first-order valence-corrected chi connectivity index (χ1v) is 7.31. The Labute approximate surface area is 121 Å². The van der Waals surface area contributed by atoms with E-state index >= 15 is 0 Å². The quantitative estimate of drug-likeness (QED) is 0.860. The third-order valence-electron chi connectivity index (χ3n) is 3.35. The fourth-order valence-corrected chi connectivity index (χ4v) is 3.64. The number of benzene rings is 2. The summed E-state index contributed by atoms with van der Waals surface area (Å²) in [5, 5.41) is 2.47. The molecule has 0 saturated carbocycles. The first-order valence-electron chi connectivity index (χ1n) is 6.33. The fraction of sp³-hybridized carbons (Fsp3) is 0.125. The Morgan fingerprint density at radius 3 is 1.80 bits per heavy atom. The highest BCUT2D eigenvalue weighted by Crippen LogP contribution is 2.44. The molecule has 0 atom stereocenters. The summed E-state index contributed by atoms with van der Waals surface area (Å²) in [5.74, 6) is -0.228. The standard InChI is InChI=1S/C16H13NO2S/c18-14-11-20-16(15(19)17-14,12-7-3-1-4-8-12)13-9-5-2-6-10-13/h1-10H,11H2,(H,17,18,19). The zero-order valence-corrected chi connectivity index (χ0v) is 11.5. The first-order chi connectivity index (χ1) is 9.73. The van der Waals surface area contributed by atoms with E-state index in [4.69, 9.17) is 0 Å². The van der Waals surface area contributed by atoms with Crippen molar-refractivity contribution >= 4 is 23.6 Å². The first kappa shape index (κ1) is 12.9. The Hall–Kier alpha value is -2.07. The van der Waals surface area contributed by atoms with Crippen LogP contribution in [-0.2, 0) is 14.3 Å². The number of amides is 2. The van der Waals surface area contributed by atoms with Crippen LogP contribution in [-0.4, -0.2) is 17.6 Å². The molecule has 1 aliphatic rings. The predicted octanol–water partition coefficient (Wildman–Crippen LogP) is 2.32. The summed E-state index contributed by atoms with van der Waals surface area (Å²) in [6.07, 6.45) is 0. The molecule has 0 radical (unpaired) electrons. The highest BCUT2D eigenvalue weighted by Gasteiger charge is 2.46. The SMILES string of the molecule is O=C1CSC(c2ccccc2)(c2ccccc2)C(=O)N1. The number of carbonyl (C=O) groups is 2. The van der Waals surface area contributed by atoms with Crippen LogP contribution in [0.1, 0.15) is 11.1 Å². The van der Waals surface area contributed by atoms with Gasteiger partial charge in [0.05, 0.1) is 5.75 Å². The van der Waals surface area contributed by atoms with Gasteiger partial charge >= 0.3 is 0 Å². The van der Waals surface area contributed by atoms with Crippen LogP contribution in [0.4, 0.5) is 0 Å². The van der Waals surface area contributed by atoms with E-state index in [-0.39, 0.29) is 17.6 Å². The highest BCUT2D eigenvalue weighted by atomic mass is 32.2. The maximum absolute atomic E-state index is 12.6. The van der Waals surface area contributed by atoms with Gasteiger partial charge in [-0.05, 0) is 11.1 Å². The number of nitrogens with one attached hydrogen (secondary N) is 1. The van der Waals surface area contributed by atoms with E-state index in [1.165, 1.54) is 11.8 Å². The predicted molar refractivity (Wildman–Crippen MR) is 79.3 cm³/mol. The van der Waals surface area contributed by atoms with Crippen molar-refractivity contribution < 1.29 is 9.59 Å². The molecule has 1 saturated heterocycles. The molecule has 100 valence electrons. The van der Waals surface area contributed by atoms with Crippen LogP contribution in [0.5, 0.6) is 0 Å². The molecule has 0 bridgehead atoms. The molecule has 3 rings (SSSR count). The van der Waals surface area contributed by atoms with Crippen molar-refractivity contribution in [3.05, 3.63) is 71.8 Å². The van der Waals surface area contributed by atoms with Crippen LogP contribution in [0.2, 0.25) is 0 Å². The lowest BCUT2D eigenvalue weighted by Crippen LogP contribution is -2.51. The average Bonchev–Trinajstić information content (AvgIpc) is 2.50. The molecule has 1 aliphatic heterocycles. The van der Waals surface area contributed by atoms with Gasteiger partial charge in [-0.2, -0.15) is 0 Å². The minimum Gasteiger partial charge on any atom is -0.294 e. The number of hydrogen-bond acceptors (Lipinski definition) is 3. The van der Waals surface area contributed by atoms with Gasteiger partial charge in [0.25, 0.3) is 5.91 Å². The van der Waals surface area contributed by atoms with E-state index < -0.39 is 4.75 Å². The second-order valence-corrected chi connectivity index (χ2v) is 5.77. The van der Waals surface area contributed by atoms with Gasteiger partial charge < -0.3 is 0 Å². The van der Waals surface area contributed by atoms with Crippen molar-refractivity contribution in [2.75, 3.05) is 5.75 Å². The van der Waals surface area contributed by atoms with Crippen LogP contribution in [0, 0.1) is 0 Å². The van der Waals surface area contributed by atoms with Crippen molar-refractivity contribution in [2.24, 2.45) is 0 Å². The molecule has 1 N–H and O–H groups in total. The number of rotatable bonds is 2. The summed E-state index contributed by atoms with van der Waals surface area (Å²) >= 11 is 1.37. The molecule has 4 heteroatoms. The molecule has 1 heterocycles. The minimum absolute atomic E-state index is 0.234. The summed E-state index contributed by atoms with van der Waals surface area (Å²) in [6.45, 7) is 0. The second-order valence-electron chi connectivity index (χ2n) is 4.58. The third-order valence-corrected chi connectivity index (χ3v) is 4.85. The van der Waals surface area contributed by atoms with Crippen molar-refractivity contribution in [1.82, 2.24) is 5.32 Å². The fourth-order valence-electron chi connectivity index (χ4n) is 2.43. The summed E-state index contributed by atoms with van der Waals surface area (Å²) in [5.41, 5.74) is 1.78. The maximum Gasteiger partial charge on any atom is 0.251 e. The largest absolute Gasteiger partial charge is 0.294 e. The van der Waals surface area contributed by atoms with Crippen LogP contribution < -0.4 is 5.32 Å². The molecule has 0 unspecified atom stereocenters. The number of thioether (sulfide) groups is 1. The maximum atomic E-state index is 12.6. The molecule has 20 heavy (non-hydrogen) atoms. The van der Waals surface area contributed by atoms with E-state index in [0.717, 1.165) is 11.1 Å². The van der Waals surface area contributed by atoms with Gasteiger partial charge in [-0.15, -0.1) is 11.8 Å². The Morgan fingerprint density at radius 2 is 1.35 bits per heavy atom. The third kappa shape index (κ3) is 2.02. The number of hydrogen-bond donors (Lipinski definition) is 1. The lowest BCUT2D eigenvalue weighted by molar-refractivity contribution is -0.130. The lowest BCUT2D eigenvalue weighted by Gasteiger charge is -2.35. The normalized spacial score (nSPS) is 17.6.